The number of hydrogen-bond donors (Lipinski definition) is 1. The molecule has 2 heteroatoms. The van der Waals surface area contributed by atoms with Crippen molar-refractivity contribution in [2.24, 2.45) is 5.92 Å². The molecule has 2 nitrogen and oxygen atoms in total. The molecule has 0 aliphatic rings. The molecule has 0 atom stereocenters. The van der Waals surface area contributed by atoms with Gasteiger partial charge in [0.05, 0.1) is 0 Å². The first-order valence-corrected chi connectivity index (χ1v) is 5.28. The Hall–Kier alpha value is -0.860. The molecule has 0 fully saturated rings. The Balaban J connectivity index is 0.000000423. The Labute approximate surface area is 92.8 Å². The van der Waals surface area contributed by atoms with E-state index in [1.807, 2.05) is 44.2 Å². The molecule has 1 aromatic carbocycles. The Morgan fingerprint density at radius 3 is 1.80 bits per heavy atom. The number of rotatable bonds is 2. The molecule has 1 rings (SSSR count). The van der Waals surface area contributed by atoms with Crippen LogP contribution in [0.3, 0.4) is 0 Å². The standard InChI is InChI=1S/C9H12O2.C4H10/c1-9(2,11-10)8-6-4-3-5-7-8;1-4(2)3/h3-7,10H,1-2H3;4H,1-3H3. The lowest BCUT2D eigenvalue weighted by atomic mass is 9.99. The second-order valence-electron chi connectivity index (χ2n) is 4.70. The van der Waals surface area contributed by atoms with E-state index in [2.05, 4.69) is 25.7 Å². The van der Waals surface area contributed by atoms with Crippen molar-refractivity contribution in [2.75, 3.05) is 0 Å². The molecule has 0 bridgehead atoms. The quantitative estimate of drug-likeness (QED) is 0.589. The molecule has 0 spiro atoms. The van der Waals surface area contributed by atoms with Gasteiger partial charge in [0.2, 0.25) is 0 Å². The second-order valence-corrected chi connectivity index (χ2v) is 4.70. The van der Waals surface area contributed by atoms with Crippen LogP contribution in [0.15, 0.2) is 30.3 Å². The number of hydrogen-bond acceptors (Lipinski definition) is 2. The summed E-state index contributed by atoms with van der Waals surface area (Å²) in [4.78, 5) is 4.32. The molecule has 0 aromatic heterocycles. The molecular weight excluding hydrogens is 188 g/mol. The first kappa shape index (κ1) is 14.1. The van der Waals surface area contributed by atoms with Gasteiger partial charge in [-0.1, -0.05) is 51.1 Å². The van der Waals surface area contributed by atoms with Gasteiger partial charge >= 0.3 is 0 Å². The Morgan fingerprint density at radius 1 is 1.07 bits per heavy atom. The van der Waals surface area contributed by atoms with Gasteiger partial charge in [-0.15, -0.1) is 0 Å². The zero-order chi connectivity index (χ0) is 11.9. The summed E-state index contributed by atoms with van der Waals surface area (Å²) in [6.07, 6.45) is 0. The van der Waals surface area contributed by atoms with E-state index in [4.69, 9.17) is 5.26 Å². The summed E-state index contributed by atoms with van der Waals surface area (Å²) >= 11 is 0. The molecule has 1 aromatic rings. The van der Waals surface area contributed by atoms with Gasteiger partial charge in [-0.2, -0.15) is 0 Å². The summed E-state index contributed by atoms with van der Waals surface area (Å²) in [7, 11) is 0. The molecule has 86 valence electrons. The van der Waals surface area contributed by atoms with Crippen molar-refractivity contribution in [1.29, 1.82) is 0 Å². The minimum atomic E-state index is -0.610. The fraction of sp³-hybridized carbons (Fsp3) is 0.538. The summed E-state index contributed by atoms with van der Waals surface area (Å²) in [6, 6.07) is 9.58. The van der Waals surface area contributed by atoms with Gasteiger partial charge in [0, 0.05) is 0 Å². The van der Waals surface area contributed by atoms with Crippen LogP contribution < -0.4 is 0 Å². The molecule has 15 heavy (non-hydrogen) atoms. The third-order valence-electron chi connectivity index (χ3n) is 1.70. The minimum Gasteiger partial charge on any atom is -0.251 e. The van der Waals surface area contributed by atoms with Crippen molar-refractivity contribution < 1.29 is 10.1 Å². The molecule has 0 aliphatic heterocycles. The Kier molecular flexibility index (Phi) is 6.21. The fourth-order valence-electron chi connectivity index (χ4n) is 0.892. The summed E-state index contributed by atoms with van der Waals surface area (Å²) in [5.41, 5.74) is 0.351. The van der Waals surface area contributed by atoms with Gasteiger partial charge in [-0.25, -0.2) is 4.89 Å². The van der Waals surface area contributed by atoms with E-state index < -0.39 is 5.60 Å². The van der Waals surface area contributed by atoms with Crippen molar-refractivity contribution in [3.05, 3.63) is 35.9 Å². The smallest absolute Gasteiger partial charge is 0.123 e. The van der Waals surface area contributed by atoms with E-state index >= 15 is 0 Å². The van der Waals surface area contributed by atoms with Crippen LogP contribution in [0.5, 0.6) is 0 Å². The largest absolute Gasteiger partial charge is 0.251 e. The van der Waals surface area contributed by atoms with Crippen LogP contribution in [0.1, 0.15) is 40.2 Å². The van der Waals surface area contributed by atoms with Crippen LogP contribution in [0.4, 0.5) is 0 Å². The minimum absolute atomic E-state index is 0.610. The lowest BCUT2D eigenvalue weighted by Crippen LogP contribution is -2.19. The van der Waals surface area contributed by atoms with Gasteiger partial charge in [-0.05, 0) is 25.3 Å². The molecule has 0 amide bonds. The van der Waals surface area contributed by atoms with E-state index in [1.165, 1.54) is 0 Å². The van der Waals surface area contributed by atoms with Crippen molar-refractivity contribution in [3.63, 3.8) is 0 Å². The predicted molar refractivity (Wildman–Crippen MR) is 63.7 cm³/mol. The number of benzene rings is 1. The van der Waals surface area contributed by atoms with Crippen molar-refractivity contribution >= 4 is 0 Å². The maximum atomic E-state index is 8.55. The van der Waals surface area contributed by atoms with Crippen LogP contribution in [-0.2, 0) is 10.5 Å². The molecule has 0 saturated heterocycles. The third-order valence-corrected chi connectivity index (χ3v) is 1.70. The molecule has 0 heterocycles. The van der Waals surface area contributed by atoms with Crippen LogP contribution in [-0.4, -0.2) is 5.26 Å². The highest BCUT2D eigenvalue weighted by molar-refractivity contribution is 5.20. The van der Waals surface area contributed by atoms with Crippen LogP contribution in [0.2, 0.25) is 0 Å². The fourth-order valence-corrected chi connectivity index (χ4v) is 0.892. The highest BCUT2D eigenvalue weighted by atomic mass is 17.1. The zero-order valence-electron chi connectivity index (χ0n) is 10.3. The first-order valence-electron chi connectivity index (χ1n) is 5.28. The Morgan fingerprint density at radius 2 is 1.47 bits per heavy atom. The van der Waals surface area contributed by atoms with E-state index in [0.29, 0.717) is 0 Å². The lowest BCUT2D eigenvalue weighted by molar-refractivity contribution is -0.318. The third kappa shape index (κ3) is 6.26. The monoisotopic (exact) mass is 210 g/mol. The van der Waals surface area contributed by atoms with E-state index in [0.717, 1.165) is 11.5 Å². The van der Waals surface area contributed by atoms with Crippen molar-refractivity contribution in [1.82, 2.24) is 0 Å². The van der Waals surface area contributed by atoms with Crippen LogP contribution in [0.25, 0.3) is 0 Å². The predicted octanol–water partition coefficient (Wildman–Crippen LogP) is 4.07. The zero-order valence-corrected chi connectivity index (χ0v) is 10.3. The highest BCUT2D eigenvalue weighted by Crippen LogP contribution is 2.22. The lowest BCUT2D eigenvalue weighted by Gasteiger charge is -2.20. The van der Waals surface area contributed by atoms with Crippen molar-refractivity contribution in [3.8, 4) is 0 Å². The molecule has 0 aliphatic carbocycles. The normalized spacial score (nSPS) is 10.9. The highest BCUT2D eigenvalue weighted by Gasteiger charge is 2.20. The average Bonchev–Trinajstić information content (AvgIpc) is 2.18. The van der Waals surface area contributed by atoms with Gasteiger partial charge in [0.25, 0.3) is 0 Å². The SMILES string of the molecule is CC(C)(OO)c1ccccc1.CC(C)C. The molecule has 0 radical (unpaired) electrons. The van der Waals surface area contributed by atoms with Crippen LogP contribution >= 0.6 is 0 Å². The van der Waals surface area contributed by atoms with Crippen molar-refractivity contribution in [2.45, 2.75) is 40.2 Å². The van der Waals surface area contributed by atoms with Gasteiger partial charge in [-0.3, -0.25) is 5.26 Å². The van der Waals surface area contributed by atoms with Gasteiger partial charge in [0.15, 0.2) is 0 Å². The van der Waals surface area contributed by atoms with E-state index in [-0.39, 0.29) is 0 Å². The molecular formula is C13H22O2. The maximum Gasteiger partial charge on any atom is 0.123 e. The molecule has 0 saturated carbocycles. The Bertz CT molecular complexity index is 250. The molecule has 1 N–H and O–H groups in total. The maximum absolute atomic E-state index is 8.55. The van der Waals surface area contributed by atoms with Gasteiger partial charge < -0.3 is 0 Å². The average molecular weight is 210 g/mol. The summed E-state index contributed by atoms with van der Waals surface area (Å²) < 4.78 is 0. The summed E-state index contributed by atoms with van der Waals surface area (Å²) in [5, 5.41) is 8.55. The van der Waals surface area contributed by atoms with E-state index in [9.17, 15) is 0 Å². The second kappa shape index (κ2) is 6.59. The molecule has 0 unspecified atom stereocenters. The van der Waals surface area contributed by atoms with Gasteiger partial charge in [0.1, 0.15) is 5.60 Å². The summed E-state index contributed by atoms with van der Waals surface area (Å²) in [6.45, 7) is 10.1. The first-order chi connectivity index (χ1) is 6.90. The van der Waals surface area contributed by atoms with Crippen LogP contribution in [0, 0.1) is 5.92 Å². The van der Waals surface area contributed by atoms with E-state index in [1.54, 1.807) is 0 Å². The summed E-state index contributed by atoms with van der Waals surface area (Å²) in [5.74, 6) is 0.833. The topological polar surface area (TPSA) is 29.5 Å².